The number of aromatic nitrogens is 3. The second-order valence-corrected chi connectivity index (χ2v) is 5.27. The van der Waals surface area contributed by atoms with Crippen molar-refractivity contribution >= 4 is 56.7 Å². The fourth-order valence-electron chi connectivity index (χ4n) is 1.17. The van der Waals surface area contributed by atoms with E-state index in [4.69, 9.17) is 39.5 Å². The van der Waals surface area contributed by atoms with Crippen LogP contribution < -0.4 is 10.1 Å². The fraction of sp³-hybridized carbons (Fsp3) is 0.100. The maximum Gasteiger partial charge on any atom is 0.328 e. The highest BCUT2D eigenvalue weighted by Crippen LogP contribution is 2.35. The second-order valence-electron chi connectivity index (χ2n) is 3.26. The van der Waals surface area contributed by atoms with Gasteiger partial charge in [0.2, 0.25) is 11.2 Å². The van der Waals surface area contributed by atoms with Gasteiger partial charge in [0.15, 0.2) is 5.75 Å². The molecule has 1 heterocycles. The number of ether oxygens (including phenoxy) is 1. The van der Waals surface area contributed by atoms with Crippen LogP contribution in [0.5, 0.6) is 11.8 Å². The van der Waals surface area contributed by atoms with E-state index in [1.165, 1.54) is 0 Å². The van der Waals surface area contributed by atoms with E-state index >= 15 is 0 Å². The number of rotatable bonds is 3. The predicted molar refractivity (Wildman–Crippen MR) is 78.6 cm³/mol. The largest absolute Gasteiger partial charge is 0.422 e. The molecule has 2 rings (SSSR count). The summed E-state index contributed by atoms with van der Waals surface area (Å²) in [5.41, 5.74) is 0. The molecule has 9 heteroatoms. The summed E-state index contributed by atoms with van der Waals surface area (Å²) in [5.74, 6) is 0.605. The first-order valence-electron chi connectivity index (χ1n) is 4.91. The molecule has 0 radical (unpaired) electrons. The zero-order valence-corrected chi connectivity index (χ0v) is 13.3. The van der Waals surface area contributed by atoms with E-state index in [0.717, 1.165) is 0 Å². The smallest absolute Gasteiger partial charge is 0.328 e. The van der Waals surface area contributed by atoms with Crippen molar-refractivity contribution in [1.29, 1.82) is 0 Å². The van der Waals surface area contributed by atoms with Gasteiger partial charge in [-0.15, -0.1) is 0 Å². The van der Waals surface area contributed by atoms with Crippen LogP contribution in [0, 0.1) is 0 Å². The Balaban J connectivity index is 2.36. The average molecular weight is 384 g/mol. The highest BCUT2D eigenvalue weighted by molar-refractivity contribution is 9.10. The highest BCUT2D eigenvalue weighted by atomic mass is 79.9. The van der Waals surface area contributed by atoms with Gasteiger partial charge < -0.3 is 10.1 Å². The molecule has 1 aromatic carbocycles. The number of hydrogen-bond acceptors (Lipinski definition) is 5. The van der Waals surface area contributed by atoms with Gasteiger partial charge >= 0.3 is 6.01 Å². The number of anilines is 1. The number of nitrogens with zero attached hydrogens (tertiary/aromatic N) is 3. The van der Waals surface area contributed by atoms with Crippen LogP contribution in [0.1, 0.15) is 0 Å². The van der Waals surface area contributed by atoms with Crippen molar-refractivity contribution in [2.75, 3.05) is 12.4 Å². The molecule has 0 aliphatic carbocycles. The van der Waals surface area contributed by atoms with Gasteiger partial charge in [-0.1, -0.05) is 23.2 Å². The van der Waals surface area contributed by atoms with Crippen molar-refractivity contribution in [3.8, 4) is 11.8 Å². The molecular weight excluding hydrogens is 378 g/mol. The molecule has 0 fully saturated rings. The van der Waals surface area contributed by atoms with Crippen molar-refractivity contribution in [3.05, 3.63) is 31.9 Å². The van der Waals surface area contributed by atoms with E-state index in [1.807, 2.05) is 0 Å². The average Bonchev–Trinajstić information content (AvgIpc) is 2.35. The Hall–Kier alpha value is -0.820. The van der Waals surface area contributed by atoms with Crippen LogP contribution in [-0.2, 0) is 0 Å². The van der Waals surface area contributed by atoms with Crippen LogP contribution >= 0.6 is 50.7 Å². The zero-order chi connectivity index (χ0) is 14.0. The lowest BCUT2D eigenvalue weighted by Gasteiger charge is -2.08. The molecular formula is C10H6BrCl3N4O. The van der Waals surface area contributed by atoms with Gasteiger partial charge in [0.25, 0.3) is 0 Å². The Morgan fingerprint density at radius 2 is 1.84 bits per heavy atom. The number of benzene rings is 1. The topological polar surface area (TPSA) is 59.9 Å². The Bertz CT molecular complexity index is 626. The Labute approximate surface area is 132 Å². The normalized spacial score (nSPS) is 10.4. The summed E-state index contributed by atoms with van der Waals surface area (Å²) < 4.78 is 6.11. The van der Waals surface area contributed by atoms with Crippen LogP contribution in [0.3, 0.4) is 0 Å². The summed E-state index contributed by atoms with van der Waals surface area (Å²) in [6.45, 7) is 0. The van der Waals surface area contributed by atoms with Crippen LogP contribution in [0.15, 0.2) is 16.6 Å². The highest BCUT2D eigenvalue weighted by Gasteiger charge is 2.11. The maximum atomic E-state index is 6.03. The summed E-state index contributed by atoms with van der Waals surface area (Å²) in [6.07, 6.45) is 0. The molecule has 2 aromatic rings. The summed E-state index contributed by atoms with van der Waals surface area (Å²) in [6, 6.07) is 3.18. The van der Waals surface area contributed by atoms with Crippen LogP contribution in [0.4, 0.5) is 5.95 Å². The first-order chi connectivity index (χ1) is 8.99. The van der Waals surface area contributed by atoms with E-state index in [9.17, 15) is 0 Å². The Morgan fingerprint density at radius 1 is 1.11 bits per heavy atom. The van der Waals surface area contributed by atoms with Crippen molar-refractivity contribution < 1.29 is 4.74 Å². The van der Waals surface area contributed by atoms with Crippen LogP contribution in [-0.4, -0.2) is 22.0 Å². The molecule has 19 heavy (non-hydrogen) atoms. The first-order valence-corrected chi connectivity index (χ1v) is 6.84. The summed E-state index contributed by atoms with van der Waals surface area (Å²) in [7, 11) is 1.65. The molecule has 0 aliphatic heterocycles. The molecule has 1 N–H and O–H groups in total. The quantitative estimate of drug-likeness (QED) is 0.794. The molecule has 0 spiro atoms. The van der Waals surface area contributed by atoms with Crippen molar-refractivity contribution in [2.24, 2.45) is 0 Å². The summed E-state index contributed by atoms with van der Waals surface area (Å²) in [5, 5.41) is 3.56. The predicted octanol–water partition coefficient (Wildman–Crippen LogP) is 4.43. The van der Waals surface area contributed by atoms with Gasteiger partial charge in [0, 0.05) is 17.6 Å². The molecule has 5 nitrogen and oxygen atoms in total. The van der Waals surface area contributed by atoms with Gasteiger partial charge in [0.05, 0.1) is 10.0 Å². The third-order valence-corrected chi connectivity index (χ3v) is 3.65. The number of nitrogens with one attached hydrogen (secondary N) is 1. The van der Waals surface area contributed by atoms with Gasteiger partial charge in [-0.25, -0.2) is 0 Å². The molecule has 0 bridgehead atoms. The summed E-state index contributed by atoms with van der Waals surface area (Å²) >= 11 is 21.0. The number of hydrogen-bond donors (Lipinski definition) is 1. The molecule has 0 atom stereocenters. The van der Waals surface area contributed by atoms with Gasteiger partial charge in [0.1, 0.15) is 0 Å². The molecule has 0 unspecified atom stereocenters. The Morgan fingerprint density at radius 3 is 2.53 bits per heavy atom. The minimum atomic E-state index is 0.00804. The van der Waals surface area contributed by atoms with Crippen LogP contribution in [0.25, 0.3) is 0 Å². The van der Waals surface area contributed by atoms with Crippen LogP contribution in [0.2, 0.25) is 15.3 Å². The second kappa shape index (κ2) is 6.09. The van der Waals surface area contributed by atoms with E-state index in [1.54, 1.807) is 19.2 Å². The van der Waals surface area contributed by atoms with Gasteiger partial charge in [-0.2, -0.15) is 15.0 Å². The molecule has 0 amide bonds. The van der Waals surface area contributed by atoms with E-state index in [2.05, 4.69) is 36.2 Å². The third-order valence-electron chi connectivity index (χ3n) is 1.99. The lowest BCUT2D eigenvalue weighted by Crippen LogP contribution is -2.01. The van der Waals surface area contributed by atoms with E-state index in [-0.39, 0.29) is 17.2 Å². The monoisotopic (exact) mass is 382 g/mol. The maximum absolute atomic E-state index is 6.03. The summed E-state index contributed by atoms with van der Waals surface area (Å²) in [4.78, 5) is 11.7. The van der Waals surface area contributed by atoms with Crippen molar-refractivity contribution in [2.45, 2.75) is 0 Å². The zero-order valence-electron chi connectivity index (χ0n) is 9.42. The molecule has 1 aromatic heterocycles. The minimum absolute atomic E-state index is 0.00804. The third kappa shape index (κ3) is 3.60. The van der Waals surface area contributed by atoms with Gasteiger partial charge in [-0.05, 0) is 33.6 Å². The SMILES string of the molecule is CNc1nc(Cl)nc(Oc2cc(Cl)c(Br)cc2Cl)n1. The molecule has 100 valence electrons. The van der Waals surface area contributed by atoms with Crippen molar-refractivity contribution in [3.63, 3.8) is 0 Å². The van der Waals surface area contributed by atoms with E-state index in [0.29, 0.717) is 20.3 Å². The van der Waals surface area contributed by atoms with E-state index < -0.39 is 0 Å². The Kier molecular flexibility index (Phi) is 4.67. The lowest BCUT2D eigenvalue weighted by molar-refractivity contribution is 0.440. The van der Waals surface area contributed by atoms with Crippen molar-refractivity contribution in [1.82, 2.24) is 15.0 Å². The first kappa shape index (κ1) is 14.6. The molecule has 0 saturated carbocycles. The fourth-order valence-corrected chi connectivity index (χ4v) is 2.15. The molecule has 0 saturated heterocycles. The van der Waals surface area contributed by atoms with Gasteiger partial charge in [-0.3, -0.25) is 0 Å². The lowest BCUT2D eigenvalue weighted by atomic mass is 10.3. The molecule has 0 aliphatic rings. The minimum Gasteiger partial charge on any atom is -0.422 e. The standard InChI is InChI=1S/C10H6BrCl3N4O/c1-15-9-16-8(14)17-10(18-9)19-7-3-5(12)4(11)2-6(7)13/h2-3H,1H3,(H,15,16,17,18). The number of halogens is 4.